The van der Waals surface area contributed by atoms with Crippen molar-refractivity contribution in [3.05, 3.63) is 0 Å². The van der Waals surface area contributed by atoms with Gasteiger partial charge >= 0.3 is 11.9 Å². The number of hydrogen-bond donors (Lipinski definition) is 1. The molecule has 0 amide bonds. The van der Waals surface area contributed by atoms with E-state index < -0.39 is 17.0 Å². The van der Waals surface area contributed by atoms with Crippen molar-refractivity contribution in [1.82, 2.24) is 0 Å². The number of hydrogen-bond acceptors (Lipinski definition) is 3. The molecule has 1 fully saturated rings. The van der Waals surface area contributed by atoms with E-state index in [9.17, 15) is 9.59 Å². The van der Waals surface area contributed by atoms with E-state index in [1.165, 1.54) is 0 Å². The molecule has 19 heavy (non-hydrogen) atoms. The van der Waals surface area contributed by atoms with Crippen molar-refractivity contribution in [3.8, 4) is 0 Å². The topological polar surface area (TPSA) is 63.6 Å². The maximum atomic E-state index is 12.4. The molecule has 0 aromatic carbocycles. The number of rotatable bonds is 5. The van der Waals surface area contributed by atoms with Gasteiger partial charge in [0.15, 0.2) is 0 Å². The van der Waals surface area contributed by atoms with E-state index in [4.69, 9.17) is 9.84 Å². The molecule has 0 heterocycles. The highest BCUT2D eigenvalue weighted by molar-refractivity contribution is 5.77. The lowest BCUT2D eigenvalue weighted by Gasteiger charge is -2.31. The van der Waals surface area contributed by atoms with Crippen LogP contribution < -0.4 is 0 Å². The fraction of sp³-hybridized carbons (Fsp3) is 0.867. The Kier molecular flexibility index (Phi) is 4.99. The first-order valence-corrected chi connectivity index (χ1v) is 7.10. The summed E-state index contributed by atoms with van der Waals surface area (Å²) < 4.78 is 5.54. The standard InChI is InChI=1S/C15H26O4/c1-11-7-9-15(10-11,8-5-6-12(16)17)13(18)19-14(2,3)4/h11H,5-10H2,1-4H3,(H,16,17). The molecule has 0 aromatic heterocycles. The molecule has 4 heteroatoms. The van der Waals surface area contributed by atoms with Crippen LogP contribution >= 0.6 is 0 Å². The molecule has 4 nitrogen and oxygen atoms in total. The van der Waals surface area contributed by atoms with Crippen LogP contribution in [0, 0.1) is 11.3 Å². The zero-order valence-electron chi connectivity index (χ0n) is 12.5. The fourth-order valence-electron chi connectivity index (χ4n) is 2.87. The average Bonchev–Trinajstić information content (AvgIpc) is 2.58. The summed E-state index contributed by atoms with van der Waals surface area (Å²) in [5, 5.41) is 8.73. The minimum Gasteiger partial charge on any atom is -0.481 e. The van der Waals surface area contributed by atoms with Crippen molar-refractivity contribution in [2.24, 2.45) is 11.3 Å². The van der Waals surface area contributed by atoms with E-state index >= 15 is 0 Å². The van der Waals surface area contributed by atoms with E-state index in [-0.39, 0.29) is 12.4 Å². The van der Waals surface area contributed by atoms with E-state index in [0.29, 0.717) is 18.8 Å². The molecule has 2 atom stereocenters. The largest absolute Gasteiger partial charge is 0.481 e. The van der Waals surface area contributed by atoms with Crippen molar-refractivity contribution in [2.45, 2.75) is 71.8 Å². The zero-order valence-corrected chi connectivity index (χ0v) is 12.5. The van der Waals surface area contributed by atoms with Crippen molar-refractivity contribution in [1.29, 1.82) is 0 Å². The molecule has 1 aliphatic carbocycles. The number of carboxylic acid groups (broad SMARTS) is 1. The van der Waals surface area contributed by atoms with Gasteiger partial charge in [0.05, 0.1) is 5.41 Å². The number of ether oxygens (including phenoxy) is 1. The van der Waals surface area contributed by atoms with Gasteiger partial charge in [0.25, 0.3) is 0 Å². The second kappa shape index (κ2) is 5.93. The first-order chi connectivity index (χ1) is 8.65. The summed E-state index contributed by atoms with van der Waals surface area (Å²) in [6.07, 6.45) is 3.95. The molecule has 0 saturated heterocycles. The number of esters is 1. The SMILES string of the molecule is CC1CCC(CCCC(=O)O)(C(=O)OC(C)(C)C)C1. The molecular formula is C15H26O4. The monoisotopic (exact) mass is 270 g/mol. The van der Waals surface area contributed by atoms with Gasteiger partial charge in [-0.25, -0.2) is 0 Å². The Hall–Kier alpha value is -1.06. The van der Waals surface area contributed by atoms with Crippen molar-refractivity contribution >= 4 is 11.9 Å². The molecule has 0 bridgehead atoms. The van der Waals surface area contributed by atoms with Gasteiger partial charge in [0.2, 0.25) is 0 Å². The highest BCUT2D eigenvalue weighted by atomic mass is 16.6. The molecule has 110 valence electrons. The van der Waals surface area contributed by atoms with E-state index in [0.717, 1.165) is 19.3 Å². The third kappa shape index (κ3) is 4.84. The first kappa shape index (κ1) is 16.0. The lowest BCUT2D eigenvalue weighted by Crippen LogP contribution is -2.36. The van der Waals surface area contributed by atoms with E-state index in [1.807, 2.05) is 20.8 Å². The predicted octanol–water partition coefficient (Wildman–Crippen LogP) is 3.39. The molecule has 1 saturated carbocycles. The normalized spacial score (nSPS) is 27.3. The number of aliphatic carboxylic acids is 1. The third-order valence-corrected chi connectivity index (χ3v) is 3.73. The average molecular weight is 270 g/mol. The summed E-state index contributed by atoms with van der Waals surface area (Å²) in [5.74, 6) is -0.433. The van der Waals surface area contributed by atoms with Crippen LogP contribution in [0.5, 0.6) is 0 Å². The molecule has 1 aliphatic rings. The van der Waals surface area contributed by atoms with Crippen molar-refractivity contribution in [2.75, 3.05) is 0 Å². The van der Waals surface area contributed by atoms with Crippen LogP contribution in [-0.4, -0.2) is 22.6 Å². The van der Waals surface area contributed by atoms with Crippen LogP contribution in [0.3, 0.4) is 0 Å². The Bertz CT molecular complexity index is 343. The first-order valence-electron chi connectivity index (χ1n) is 7.10. The summed E-state index contributed by atoms with van der Waals surface area (Å²) in [6.45, 7) is 7.75. The van der Waals surface area contributed by atoms with Gasteiger partial charge in [-0.3, -0.25) is 9.59 Å². The predicted molar refractivity (Wildman–Crippen MR) is 72.8 cm³/mol. The minimum absolute atomic E-state index is 0.124. The molecule has 0 radical (unpaired) electrons. The second-order valence-corrected chi connectivity index (χ2v) is 6.88. The molecule has 2 unspecified atom stereocenters. The molecule has 1 rings (SSSR count). The number of carbonyl (C=O) groups excluding carboxylic acids is 1. The van der Waals surface area contributed by atoms with Crippen LogP contribution in [0.1, 0.15) is 66.2 Å². The van der Waals surface area contributed by atoms with Gasteiger partial charge in [0, 0.05) is 6.42 Å². The maximum Gasteiger partial charge on any atom is 0.312 e. The Morgan fingerprint density at radius 3 is 2.42 bits per heavy atom. The maximum absolute atomic E-state index is 12.4. The minimum atomic E-state index is -0.801. The molecule has 0 spiro atoms. The van der Waals surface area contributed by atoms with Gasteiger partial charge < -0.3 is 9.84 Å². The summed E-state index contributed by atoms with van der Waals surface area (Å²) in [7, 11) is 0. The van der Waals surface area contributed by atoms with Crippen molar-refractivity contribution < 1.29 is 19.4 Å². The lowest BCUT2D eigenvalue weighted by atomic mass is 9.80. The smallest absolute Gasteiger partial charge is 0.312 e. The highest BCUT2D eigenvalue weighted by Crippen LogP contribution is 2.46. The van der Waals surface area contributed by atoms with Crippen LogP contribution in [0.4, 0.5) is 0 Å². The lowest BCUT2D eigenvalue weighted by molar-refractivity contribution is -0.168. The Morgan fingerprint density at radius 2 is 2.00 bits per heavy atom. The number of carboxylic acids is 1. The quantitative estimate of drug-likeness (QED) is 0.778. The van der Waals surface area contributed by atoms with Gasteiger partial charge in [-0.2, -0.15) is 0 Å². The van der Waals surface area contributed by atoms with Crippen molar-refractivity contribution in [3.63, 3.8) is 0 Å². The summed E-state index contributed by atoms with van der Waals surface area (Å²) in [6, 6.07) is 0. The van der Waals surface area contributed by atoms with E-state index in [2.05, 4.69) is 6.92 Å². The molecular weight excluding hydrogens is 244 g/mol. The number of carbonyl (C=O) groups is 2. The van der Waals surface area contributed by atoms with Gasteiger partial charge in [-0.05, 0) is 58.8 Å². The summed E-state index contributed by atoms with van der Waals surface area (Å²) in [4.78, 5) is 23.1. The highest BCUT2D eigenvalue weighted by Gasteiger charge is 2.45. The van der Waals surface area contributed by atoms with Crippen LogP contribution in [0.2, 0.25) is 0 Å². The Balaban J connectivity index is 2.70. The van der Waals surface area contributed by atoms with Gasteiger partial charge in [-0.15, -0.1) is 0 Å². The van der Waals surface area contributed by atoms with Crippen LogP contribution in [-0.2, 0) is 14.3 Å². The molecule has 1 N–H and O–H groups in total. The zero-order chi connectivity index (χ0) is 14.7. The molecule has 0 aromatic rings. The second-order valence-electron chi connectivity index (χ2n) is 6.88. The Labute approximate surface area is 115 Å². The van der Waals surface area contributed by atoms with Gasteiger partial charge in [-0.1, -0.05) is 6.92 Å². The third-order valence-electron chi connectivity index (χ3n) is 3.73. The van der Waals surface area contributed by atoms with Crippen LogP contribution in [0.25, 0.3) is 0 Å². The summed E-state index contributed by atoms with van der Waals surface area (Å²) >= 11 is 0. The fourth-order valence-corrected chi connectivity index (χ4v) is 2.87. The Morgan fingerprint density at radius 1 is 1.37 bits per heavy atom. The van der Waals surface area contributed by atoms with Crippen LogP contribution in [0.15, 0.2) is 0 Å². The molecule has 0 aliphatic heterocycles. The van der Waals surface area contributed by atoms with E-state index in [1.54, 1.807) is 0 Å². The van der Waals surface area contributed by atoms with Gasteiger partial charge in [0.1, 0.15) is 5.60 Å². The summed E-state index contributed by atoms with van der Waals surface area (Å²) in [5.41, 5.74) is -0.940.